The van der Waals surface area contributed by atoms with Gasteiger partial charge in [-0.2, -0.15) is 0 Å². The van der Waals surface area contributed by atoms with E-state index in [4.69, 9.17) is 5.84 Å². The number of rotatable bonds is 3. The first kappa shape index (κ1) is 15.1. The van der Waals surface area contributed by atoms with E-state index >= 15 is 0 Å². The van der Waals surface area contributed by atoms with Gasteiger partial charge in [-0.15, -0.1) is 0 Å². The second-order valence-corrected chi connectivity index (χ2v) is 5.42. The number of hydrogen-bond acceptors (Lipinski definition) is 3. The highest BCUT2D eigenvalue weighted by Crippen LogP contribution is 2.24. The van der Waals surface area contributed by atoms with Crippen LogP contribution in [-0.2, 0) is 0 Å². The third kappa shape index (κ3) is 3.23. The molecule has 4 nitrogen and oxygen atoms in total. The van der Waals surface area contributed by atoms with E-state index in [1.807, 2.05) is 39.8 Å². The van der Waals surface area contributed by atoms with E-state index in [1.54, 1.807) is 6.07 Å². The number of nitrogens with one attached hydrogen (secondary N) is 2. The Morgan fingerprint density at radius 3 is 2.14 bits per heavy atom. The largest absolute Gasteiger partial charge is 0.323 e. The number of hydrazine groups is 1. The lowest BCUT2D eigenvalue weighted by Gasteiger charge is -2.15. The number of carbonyl (C=O) groups excluding carboxylic acids is 1. The van der Waals surface area contributed by atoms with Gasteiger partial charge in [0.15, 0.2) is 0 Å². The lowest BCUT2D eigenvalue weighted by molar-refractivity contribution is 0.102. The van der Waals surface area contributed by atoms with E-state index < -0.39 is 0 Å². The van der Waals surface area contributed by atoms with Gasteiger partial charge >= 0.3 is 0 Å². The molecule has 0 heterocycles. The minimum atomic E-state index is -0.169. The third-order valence-corrected chi connectivity index (χ3v) is 3.49. The van der Waals surface area contributed by atoms with Gasteiger partial charge in [0, 0.05) is 5.69 Å². The Balaban J connectivity index is 2.35. The van der Waals surface area contributed by atoms with Crippen molar-refractivity contribution in [2.75, 3.05) is 10.7 Å². The molecule has 21 heavy (non-hydrogen) atoms. The highest BCUT2D eigenvalue weighted by Gasteiger charge is 2.13. The van der Waals surface area contributed by atoms with Gasteiger partial charge in [-0.3, -0.25) is 10.6 Å². The molecule has 110 valence electrons. The van der Waals surface area contributed by atoms with Crippen molar-refractivity contribution in [2.45, 2.75) is 27.7 Å². The number of nitrogen functional groups attached to an aromatic ring is 1. The van der Waals surface area contributed by atoms with E-state index in [9.17, 15) is 4.79 Å². The average Bonchev–Trinajstić information content (AvgIpc) is 2.42. The summed E-state index contributed by atoms with van der Waals surface area (Å²) < 4.78 is 0. The van der Waals surface area contributed by atoms with Gasteiger partial charge in [0.05, 0.1) is 11.3 Å². The van der Waals surface area contributed by atoms with Crippen molar-refractivity contribution in [3.05, 3.63) is 58.1 Å². The Bertz CT molecular complexity index is 669. The van der Waals surface area contributed by atoms with Gasteiger partial charge < -0.3 is 10.7 Å². The molecule has 0 saturated carbocycles. The first-order valence-corrected chi connectivity index (χ1v) is 6.89. The zero-order valence-electron chi connectivity index (χ0n) is 12.9. The van der Waals surface area contributed by atoms with Crippen LogP contribution >= 0.6 is 0 Å². The van der Waals surface area contributed by atoms with E-state index in [2.05, 4.69) is 22.9 Å². The van der Waals surface area contributed by atoms with Crippen LogP contribution in [0, 0.1) is 27.7 Å². The van der Waals surface area contributed by atoms with Crippen LogP contribution in [0.5, 0.6) is 0 Å². The molecule has 2 aromatic carbocycles. The van der Waals surface area contributed by atoms with E-state index in [-0.39, 0.29) is 5.91 Å². The lowest BCUT2D eigenvalue weighted by Crippen LogP contribution is -2.18. The zero-order valence-corrected chi connectivity index (χ0v) is 12.9. The van der Waals surface area contributed by atoms with Crippen molar-refractivity contribution in [3.8, 4) is 0 Å². The summed E-state index contributed by atoms with van der Waals surface area (Å²) in [5.74, 6) is 5.33. The predicted octanol–water partition coefficient (Wildman–Crippen LogP) is 3.46. The highest BCUT2D eigenvalue weighted by molar-refractivity contribution is 6.08. The molecule has 4 heteroatoms. The molecule has 0 unspecified atom stereocenters. The predicted molar refractivity (Wildman–Crippen MR) is 87.6 cm³/mol. The van der Waals surface area contributed by atoms with Crippen LogP contribution in [-0.4, -0.2) is 5.91 Å². The molecule has 0 radical (unpaired) electrons. The van der Waals surface area contributed by atoms with Gasteiger partial charge in [-0.1, -0.05) is 23.8 Å². The van der Waals surface area contributed by atoms with Crippen LogP contribution in [0.25, 0.3) is 0 Å². The molecule has 0 aliphatic carbocycles. The molecule has 0 saturated heterocycles. The first-order valence-electron chi connectivity index (χ1n) is 6.89. The summed E-state index contributed by atoms with van der Waals surface area (Å²) in [5.41, 5.74) is 8.92. The van der Waals surface area contributed by atoms with Crippen LogP contribution < -0.4 is 16.6 Å². The topological polar surface area (TPSA) is 67.2 Å². The standard InChI is InChI=1S/C17H21N3O/c1-10-5-6-14(15(9-10)20-18)17(21)19-16-12(3)7-11(2)8-13(16)4/h5-9,20H,18H2,1-4H3,(H,19,21). The van der Waals surface area contributed by atoms with Gasteiger partial charge in [0.2, 0.25) is 0 Å². The molecule has 4 N–H and O–H groups in total. The Kier molecular flexibility index (Phi) is 4.29. The maximum absolute atomic E-state index is 12.5. The molecule has 2 rings (SSSR count). The number of nitrogens with two attached hydrogens (primary N) is 1. The number of carbonyl (C=O) groups is 1. The summed E-state index contributed by atoms with van der Waals surface area (Å²) in [6.07, 6.45) is 0. The van der Waals surface area contributed by atoms with E-state index in [0.717, 1.165) is 22.4 Å². The summed E-state index contributed by atoms with van der Waals surface area (Å²) in [4.78, 5) is 12.5. The van der Waals surface area contributed by atoms with Crippen LogP contribution in [0.15, 0.2) is 30.3 Å². The number of amides is 1. The van der Waals surface area contributed by atoms with Crippen LogP contribution in [0.1, 0.15) is 32.6 Å². The summed E-state index contributed by atoms with van der Waals surface area (Å²) in [6, 6.07) is 9.63. The highest BCUT2D eigenvalue weighted by atomic mass is 16.1. The number of hydrogen-bond donors (Lipinski definition) is 3. The Hall–Kier alpha value is -2.33. The monoisotopic (exact) mass is 283 g/mol. The minimum absolute atomic E-state index is 0.169. The van der Waals surface area contributed by atoms with Gasteiger partial charge in [0.25, 0.3) is 5.91 Å². The number of benzene rings is 2. The van der Waals surface area contributed by atoms with Crippen LogP contribution in [0.2, 0.25) is 0 Å². The fourth-order valence-corrected chi connectivity index (χ4v) is 2.53. The fraction of sp³-hybridized carbons (Fsp3) is 0.235. The molecular formula is C17H21N3O. The molecule has 0 aromatic heterocycles. The van der Waals surface area contributed by atoms with E-state index in [0.29, 0.717) is 11.3 Å². The maximum atomic E-state index is 12.5. The minimum Gasteiger partial charge on any atom is -0.323 e. The molecule has 0 atom stereocenters. The van der Waals surface area contributed by atoms with Crippen molar-refractivity contribution in [1.82, 2.24) is 0 Å². The number of aryl methyl sites for hydroxylation is 4. The van der Waals surface area contributed by atoms with Crippen molar-refractivity contribution >= 4 is 17.3 Å². The first-order chi connectivity index (χ1) is 9.92. The molecule has 0 fully saturated rings. The quantitative estimate of drug-likeness (QED) is 0.597. The zero-order chi connectivity index (χ0) is 15.6. The number of anilines is 2. The summed E-state index contributed by atoms with van der Waals surface area (Å²) in [5, 5.41) is 2.98. The van der Waals surface area contributed by atoms with Gasteiger partial charge in [0.1, 0.15) is 0 Å². The van der Waals surface area contributed by atoms with Crippen molar-refractivity contribution in [3.63, 3.8) is 0 Å². The van der Waals surface area contributed by atoms with Crippen molar-refractivity contribution in [1.29, 1.82) is 0 Å². The third-order valence-electron chi connectivity index (χ3n) is 3.49. The second kappa shape index (κ2) is 5.97. The molecule has 2 aromatic rings. The molecular weight excluding hydrogens is 262 g/mol. The van der Waals surface area contributed by atoms with Gasteiger partial charge in [-0.05, 0) is 56.5 Å². The Morgan fingerprint density at radius 1 is 0.952 bits per heavy atom. The summed E-state index contributed by atoms with van der Waals surface area (Å²) in [7, 11) is 0. The summed E-state index contributed by atoms with van der Waals surface area (Å²) >= 11 is 0. The van der Waals surface area contributed by atoms with E-state index in [1.165, 1.54) is 5.56 Å². The van der Waals surface area contributed by atoms with Crippen molar-refractivity contribution in [2.24, 2.45) is 5.84 Å². The molecule has 0 bridgehead atoms. The SMILES string of the molecule is Cc1cc(C)c(NC(=O)c2ccc(C)cc2NN)c(C)c1. The normalized spacial score (nSPS) is 10.3. The van der Waals surface area contributed by atoms with Crippen LogP contribution in [0.4, 0.5) is 11.4 Å². The Morgan fingerprint density at radius 2 is 1.57 bits per heavy atom. The maximum Gasteiger partial charge on any atom is 0.257 e. The van der Waals surface area contributed by atoms with Gasteiger partial charge in [-0.25, -0.2) is 0 Å². The molecule has 0 aliphatic heterocycles. The molecule has 0 spiro atoms. The van der Waals surface area contributed by atoms with Crippen molar-refractivity contribution < 1.29 is 4.79 Å². The molecule has 0 aliphatic rings. The second-order valence-electron chi connectivity index (χ2n) is 5.42. The summed E-state index contributed by atoms with van der Waals surface area (Å²) in [6.45, 7) is 7.98. The Labute approximate surface area is 125 Å². The molecule has 1 amide bonds. The smallest absolute Gasteiger partial charge is 0.257 e. The van der Waals surface area contributed by atoms with Crippen LogP contribution in [0.3, 0.4) is 0 Å². The average molecular weight is 283 g/mol. The lowest BCUT2D eigenvalue weighted by atomic mass is 10.0. The fourth-order valence-electron chi connectivity index (χ4n) is 2.53.